The first-order valence-electron chi connectivity index (χ1n) is 4.09. The lowest BCUT2D eigenvalue weighted by Gasteiger charge is -2.19. The molecular weight excluding hydrogens is 277 g/mol. The Kier molecular flexibility index (Phi) is 2.73. The standard InChI is InChI=1S/C8H5Cl2NO4S/c9-4-1-5-8(15-3-7(12)11-5)6(2-4)16(10,13)14/h1-2H,3H2,(H,11,12). The summed E-state index contributed by atoms with van der Waals surface area (Å²) in [5, 5.41) is 2.58. The Morgan fingerprint density at radius 2 is 2.06 bits per heavy atom. The molecule has 0 bridgehead atoms. The molecular formula is C8H5Cl2NO4S. The molecule has 0 saturated heterocycles. The number of carbonyl (C=O) groups excluding carboxylic acids is 1. The summed E-state index contributed by atoms with van der Waals surface area (Å²) >= 11 is 5.71. The van der Waals surface area contributed by atoms with E-state index in [-0.39, 0.29) is 33.9 Å². The van der Waals surface area contributed by atoms with Crippen LogP contribution in [0.4, 0.5) is 5.69 Å². The highest BCUT2D eigenvalue weighted by molar-refractivity contribution is 8.13. The van der Waals surface area contributed by atoms with Crippen LogP contribution >= 0.6 is 22.3 Å². The maximum absolute atomic E-state index is 11.3. The number of ether oxygens (including phenoxy) is 1. The average molecular weight is 282 g/mol. The van der Waals surface area contributed by atoms with E-state index in [0.29, 0.717) is 0 Å². The highest BCUT2D eigenvalue weighted by Gasteiger charge is 2.26. The first kappa shape index (κ1) is 11.5. The van der Waals surface area contributed by atoms with Crippen molar-refractivity contribution < 1.29 is 17.9 Å². The van der Waals surface area contributed by atoms with Crippen molar-refractivity contribution in [2.24, 2.45) is 0 Å². The van der Waals surface area contributed by atoms with E-state index >= 15 is 0 Å². The molecule has 1 aliphatic rings. The second-order valence-electron chi connectivity index (χ2n) is 3.06. The van der Waals surface area contributed by atoms with Crippen molar-refractivity contribution in [1.29, 1.82) is 0 Å². The van der Waals surface area contributed by atoms with Crippen LogP contribution < -0.4 is 10.1 Å². The molecule has 0 fully saturated rings. The lowest BCUT2D eigenvalue weighted by molar-refractivity contribution is -0.118. The summed E-state index contributed by atoms with van der Waals surface area (Å²) in [6, 6.07) is 2.56. The van der Waals surface area contributed by atoms with Crippen LogP contribution in [0.25, 0.3) is 0 Å². The van der Waals surface area contributed by atoms with Crippen molar-refractivity contribution in [2.45, 2.75) is 4.90 Å². The minimum atomic E-state index is -3.97. The van der Waals surface area contributed by atoms with Gasteiger partial charge in [0, 0.05) is 15.7 Å². The number of benzene rings is 1. The summed E-state index contributed by atoms with van der Waals surface area (Å²) in [6.07, 6.45) is 0. The fourth-order valence-electron chi connectivity index (χ4n) is 1.32. The van der Waals surface area contributed by atoms with Gasteiger partial charge in [-0.3, -0.25) is 4.79 Å². The molecule has 1 aliphatic heterocycles. The van der Waals surface area contributed by atoms with E-state index in [2.05, 4.69) is 5.32 Å². The Bertz CT molecular complexity index is 570. The van der Waals surface area contributed by atoms with Gasteiger partial charge in [-0.1, -0.05) is 11.6 Å². The van der Waals surface area contributed by atoms with Crippen LogP contribution in [0.2, 0.25) is 5.02 Å². The van der Waals surface area contributed by atoms with Gasteiger partial charge in [0.15, 0.2) is 12.4 Å². The van der Waals surface area contributed by atoms with E-state index in [1.54, 1.807) is 0 Å². The molecule has 0 unspecified atom stereocenters. The molecule has 8 heteroatoms. The van der Waals surface area contributed by atoms with Crippen LogP contribution in [-0.2, 0) is 13.8 Å². The Morgan fingerprint density at radius 3 is 2.69 bits per heavy atom. The van der Waals surface area contributed by atoms with Crippen LogP contribution in [0, 0.1) is 0 Å². The highest BCUT2D eigenvalue weighted by atomic mass is 35.7. The molecule has 0 saturated carbocycles. The molecule has 86 valence electrons. The summed E-state index contributed by atoms with van der Waals surface area (Å²) in [5.41, 5.74) is 0.197. The molecule has 1 amide bonds. The van der Waals surface area contributed by atoms with Gasteiger partial charge in [-0.05, 0) is 12.1 Å². The Morgan fingerprint density at radius 1 is 1.38 bits per heavy atom. The molecule has 0 radical (unpaired) electrons. The van der Waals surface area contributed by atoms with Crippen LogP contribution in [0.5, 0.6) is 5.75 Å². The molecule has 5 nitrogen and oxygen atoms in total. The molecule has 0 aliphatic carbocycles. The monoisotopic (exact) mass is 281 g/mol. The summed E-state index contributed by atoms with van der Waals surface area (Å²) < 4.78 is 27.5. The Labute approximate surface area is 101 Å². The zero-order valence-electron chi connectivity index (χ0n) is 7.66. The molecule has 0 aromatic heterocycles. The summed E-state index contributed by atoms with van der Waals surface area (Å²) in [7, 11) is 1.25. The second kappa shape index (κ2) is 3.80. The van der Waals surface area contributed by atoms with E-state index in [4.69, 9.17) is 27.0 Å². The van der Waals surface area contributed by atoms with Crippen LogP contribution in [-0.4, -0.2) is 20.9 Å². The maximum atomic E-state index is 11.3. The number of fused-ring (bicyclic) bond motifs is 1. The predicted molar refractivity (Wildman–Crippen MR) is 58.6 cm³/mol. The third kappa shape index (κ3) is 2.09. The number of halogens is 2. The Balaban J connectivity index is 2.68. The van der Waals surface area contributed by atoms with E-state index in [1.165, 1.54) is 12.1 Å². The summed E-state index contributed by atoms with van der Waals surface area (Å²) in [5.74, 6) is -0.369. The number of nitrogens with one attached hydrogen (secondary N) is 1. The zero-order valence-corrected chi connectivity index (χ0v) is 9.99. The van der Waals surface area contributed by atoms with Gasteiger partial charge in [0.1, 0.15) is 4.90 Å². The number of hydrogen-bond donors (Lipinski definition) is 1. The topological polar surface area (TPSA) is 72.5 Å². The van der Waals surface area contributed by atoms with Crippen LogP contribution in [0.1, 0.15) is 0 Å². The number of rotatable bonds is 1. The van der Waals surface area contributed by atoms with Crippen molar-refractivity contribution in [2.75, 3.05) is 11.9 Å². The molecule has 0 atom stereocenters. The third-order valence-corrected chi connectivity index (χ3v) is 3.45. The van der Waals surface area contributed by atoms with E-state index in [9.17, 15) is 13.2 Å². The fraction of sp³-hybridized carbons (Fsp3) is 0.125. The SMILES string of the molecule is O=C1COc2c(cc(Cl)cc2S(=O)(=O)Cl)N1. The van der Waals surface area contributed by atoms with Crippen molar-refractivity contribution in [3.05, 3.63) is 17.2 Å². The van der Waals surface area contributed by atoms with Crippen LogP contribution in [0.3, 0.4) is 0 Å². The van der Waals surface area contributed by atoms with E-state index in [0.717, 1.165) is 0 Å². The molecule has 1 N–H and O–H groups in total. The first-order valence-corrected chi connectivity index (χ1v) is 6.77. The summed E-state index contributed by atoms with van der Waals surface area (Å²) in [4.78, 5) is 10.8. The number of hydrogen-bond acceptors (Lipinski definition) is 4. The van der Waals surface area contributed by atoms with Crippen molar-refractivity contribution in [3.8, 4) is 5.75 Å². The number of anilines is 1. The fourth-order valence-corrected chi connectivity index (χ4v) is 2.60. The average Bonchev–Trinajstić information content (AvgIpc) is 2.14. The normalized spacial score (nSPS) is 15.0. The Hall–Kier alpha value is -0.980. The first-order chi connectivity index (χ1) is 7.38. The molecule has 0 spiro atoms. The number of carbonyl (C=O) groups is 1. The lowest BCUT2D eigenvalue weighted by Crippen LogP contribution is -2.26. The number of amides is 1. The smallest absolute Gasteiger partial charge is 0.265 e. The molecule has 1 aromatic rings. The van der Waals surface area contributed by atoms with Gasteiger partial charge >= 0.3 is 0 Å². The largest absolute Gasteiger partial charge is 0.480 e. The van der Waals surface area contributed by atoms with Crippen molar-refractivity contribution in [1.82, 2.24) is 0 Å². The quantitative estimate of drug-likeness (QED) is 0.794. The van der Waals surface area contributed by atoms with Gasteiger partial charge < -0.3 is 10.1 Å². The van der Waals surface area contributed by atoms with Gasteiger partial charge in [0.05, 0.1) is 5.69 Å². The molecule has 1 aromatic carbocycles. The van der Waals surface area contributed by atoms with Gasteiger partial charge in [0.25, 0.3) is 15.0 Å². The minimum absolute atomic E-state index is 0.0130. The molecule has 1 heterocycles. The predicted octanol–water partition coefficient (Wildman–Crippen LogP) is 1.60. The third-order valence-electron chi connectivity index (χ3n) is 1.90. The summed E-state index contributed by atoms with van der Waals surface area (Å²) in [6.45, 7) is -0.256. The van der Waals surface area contributed by atoms with E-state index < -0.39 is 9.05 Å². The van der Waals surface area contributed by atoms with Gasteiger partial charge in [0.2, 0.25) is 0 Å². The lowest BCUT2D eigenvalue weighted by atomic mass is 10.2. The second-order valence-corrected chi connectivity index (χ2v) is 6.03. The van der Waals surface area contributed by atoms with E-state index in [1.807, 2.05) is 0 Å². The van der Waals surface area contributed by atoms with Gasteiger partial charge in [-0.2, -0.15) is 0 Å². The minimum Gasteiger partial charge on any atom is -0.480 e. The zero-order chi connectivity index (χ0) is 11.9. The maximum Gasteiger partial charge on any atom is 0.265 e. The van der Waals surface area contributed by atoms with Gasteiger partial charge in [-0.25, -0.2) is 8.42 Å². The van der Waals surface area contributed by atoms with Crippen LogP contribution in [0.15, 0.2) is 17.0 Å². The highest BCUT2D eigenvalue weighted by Crippen LogP contribution is 2.38. The van der Waals surface area contributed by atoms with Gasteiger partial charge in [-0.15, -0.1) is 0 Å². The van der Waals surface area contributed by atoms with Crippen molar-refractivity contribution >= 4 is 42.9 Å². The molecule has 16 heavy (non-hydrogen) atoms. The molecule has 2 rings (SSSR count). The van der Waals surface area contributed by atoms with Crippen molar-refractivity contribution in [3.63, 3.8) is 0 Å².